The Hall–Kier alpha value is -0.170. The minimum atomic E-state index is -2.86. The van der Waals surface area contributed by atoms with E-state index in [9.17, 15) is 8.42 Å². The van der Waals surface area contributed by atoms with Crippen molar-refractivity contribution >= 4 is 9.84 Å². The maximum Gasteiger partial charge on any atom is 0.151 e. The van der Waals surface area contributed by atoms with Crippen molar-refractivity contribution in [1.82, 2.24) is 9.80 Å². The number of piperazine rings is 1. The Morgan fingerprint density at radius 3 is 2.62 bits per heavy atom. The second-order valence-corrected chi connectivity index (χ2v) is 6.90. The van der Waals surface area contributed by atoms with Crippen LogP contribution in [0.4, 0.5) is 0 Å². The highest BCUT2D eigenvalue weighted by molar-refractivity contribution is 7.91. The minimum Gasteiger partial charge on any atom is -0.329 e. The van der Waals surface area contributed by atoms with Gasteiger partial charge in [0.2, 0.25) is 0 Å². The largest absolute Gasteiger partial charge is 0.329 e. The van der Waals surface area contributed by atoms with E-state index in [1.165, 1.54) is 0 Å². The monoisotopic (exact) mass is 249 g/mol. The van der Waals surface area contributed by atoms with Crippen molar-refractivity contribution < 1.29 is 8.42 Å². The van der Waals surface area contributed by atoms with Gasteiger partial charge in [-0.05, 0) is 7.05 Å². The van der Waals surface area contributed by atoms with E-state index in [-0.39, 0.29) is 11.5 Å². The summed E-state index contributed by atoms with van der Waals surface area (Å²) in [5.41, 5.74) is 5.71. The number of hydrogen-bond acceptors (Lipinski definition) is 5. The zero-order chi connectivity index (χ0) is 12.2. The highest BCUT2D eigenvalue weighted by atomic mass is 32.2. The Morgan fingerprint density at radius 2 is 2.06 bits per heavy atom. The molecule has 1 aliphatic rings. The maximum absolute atomic E-state index is 11.4. The lowest BCUT2D eigenvalue weighted by molar-refractivity contribution is 0.100. The van der Waals surface area contributed by atoms with E-state index in [4.69, 9.17) is 5.73 Å². The average Bonchev–Trinajstić information content (AvgIpc) is 2.27. The first-order valence-electron chi connectivity index (χ1n) is 5.81. The van der Waals surface area contributed by atoms with Crippen molar-refractivity contribution in [2.75, 3.05) is 51.3 Å². The van der Waals surface area contributed by atoms with Crippen LogP contribution in [0.3, 0.4) is 0 Å². The summed E-state index contributed by atoms with van der Waals surface area (Å²) in [5.74, 6) is 0.484. The summed E-state index contributed by atoms with van der Waals surface area (Å²) in [7, 11) is -0.788. The summed E-state index contributed by atoms with van der Waals surface area (Å²) in [5, 5.41) is 0. The molecule has 1 aliphatic heterocycles. The molecule has 0 spiro atoms. The predicted molar refractivity (Wildman–Crippen MR) is 66.2 cm³/mol. The molecule has 0 aromatic heterocycles. The van der Waals surface area contributed by atoms with E-state index in [1.807, 2.05) is 0 Å². The lowest BCUT2D eigenvalue weighted by atomic mass is 10.2. The first-order chi connectivity index (χ1) is 7.48. The van der Waals surface area contributed by atoms with Gasteiger partial charge in [-0.25, -0.2) is 8.42 Å². The molecule has 1 atom stereocenters. The van der Waals surface area contributed by atoms with E-state index < -0.39 is 9.84 Å². The zero-order valence-corrected chi connectivity index (χ0v) is 11.0. The Kier molecular flexibility index (Phi) is 5.17. The first kappa shape index (κ1) is 13.9. The number of hydrogen-bond donors (Lipinski definition) is 1. The fourth-order valence-electron chi connectivity index (χ4n) is 1.97. The van der Waals surface area contributed by atoms with Crippen molar-refractivity contribution in [3.8, 4) is 0 Å². The molecule has 0 aromatic rings. The summed E-state index contributed by atoms with van der Waals surface area (Å²) in [6.45, 7) is 5.74. The second kappa shape index (κ2) is 5.95. The highest BCUT2D eigenvalue weighted by Gasteiger charge is 2.24. The molecular weight excluding hydrogens is 226 g/mol. The topological polar surface area (TPSA) is 66.6 Å². The van der Waals surface area contributed by atoms with E-state index in [0.29, 0.717) is 19.1 Å². The van der Waals surface area contributed by atoms with Crippen LogP contribution in [0.1, 0.15) is 6.92 Å². The van der Waals surface area contributed by atoms with Gasteiger partial charge in [0.25, 0.3) is 0 Å². The predicted octanol–water partition coefficient (Wildman–Crippen LogP) is -1.00. The van der Waals surface area contributed by atoms with Gasteiger partial charge in [-0.3, -0.25) is 4.90 Å². The normalized spacial score (nSPS) is 24.8. The molecule has 1 unspecified atom stereocenters. The molecule has 0 bridgehead atoms. The Bertz CT molecular complexity index is 305. The lowest BCUT2D eigenvalue weighted by Crippen LogP contribution is -2.55. The smallest absolute Gasteiger partial charge is 0.151 e. The van der Waals surface area contributed by atoms with Gasteiger partial charge in [-0.2, -0.15) is 0 Å². The molecule has 0 saturated carbocycles. The second-order valence-electron chi connectivity index (χ2n) is 4.42. The summed E-state index contributed by atoms with van der Waals surface area (Å²) in [6.07, 6.45) is 0. The van der Waals surface area contributed by atoms with Gasteiger partial charge >= 0.3 is 0 Å². The van der Waals surface area contributed by atoms with Gasteiger partial charge in [0.05, 0.1) is 5.75 Å². The molecule has 5 nitrogen and oxygen atoms in total. The van der Waals surface area contributed by atoms with Crippen molar-refractivity contribution in [3.63, 3.8) is 0 Å². The maximum atomic E-state index is 11.4. The molecule has 1 fully saturated rings. The van der Waals surface area contributed by atoms with Crippen molar-refractivity contribution in [1.29, 1.82) is 0 Å². The number of nitrogens with two attached hydrogens (primary N) is 1. The standard InChI is InChI=1S/C10H23N3O2S/c1-3-16(14,15)7-6-13-5-4-12(2)9-10(13)8-11/h10H,3-9,11H2,1-2H3. The molecule has 0 aromatic carbocycles. The van der Waals surface area contributed by atoms with Gasteiger partial charge in [0.15, 0.2) is 9.84 Å². The number of likely N-dealkylation sites (N-methyl/N-ethyl adjacent to an activating group) is 1. The van der Waals surface area contributed by atoms with Crippen LogP contribution in [-0.2, 0) is 9.84 Å². The van der Waals surface area contributed by atoms with Crippen LogP contribution in [0.15, 0.2) is 0 Å². The van der Waals surface area contributed by atoms with Gasteiger partial charge in [0, 0.05) is 44.5 Å². The molecule has 1 saturated heterocycles. The van der Waals surface area contributed by atoms with Gasteiger partial charge in [0.1, 0.15) is 0 Å². The zero-order valence-electron chi connectivity index (χ0n) is 10.2. The number of rotatable bonds is 5. The molecule has 0 aliphatic carbocycles. The molecule has 6 heteroatoms. The summed E-state index contributed by atoms with van der Waals surface area (Å²) in [4.78, 5) is 4.44. The van der Waals surface area contributed by atoms with Crippen LogP contribution in [0.5, 0.6) is 0 Å². The third-order valence-corrected chi connectivity index (χ3v) is 4.89. The van der Waals surface area contributed by atoms with Gasteiger partial charge in [-0.15, -0.1) is 0 Å². The van der Waals surface area contributed by atoms with Crippen molar-refractivity contribution in [3.05, 3.63) is 0 Å². The highest BCUT2D eigenvalue weighted by Crippen LogP contribution is 2.07. The molecule has 1 heterocycles. The van der Waals surface area contributed by atoms with E-state index in [2.05, 4.69) is 16.8 Å². The molecule has 2 N–H and O–H groups in total. The van der Waals surface area contributed by atoms with E-state index in [1.54, 1.807) is 6.92 Å². The number of sulfone groups is 1. The quantitative estimate of drug-likeness (QED) is 0.677. The van der Waals surface area contributed by atoms with Crippen molar-refractivity contribution in [2.45, 2.75) is 13.0 Å². The molecular formula is C10H23N3O2S. The minimum absolute atomic E-state index is 0.230. The van der Waals surface area contributed by atoms with Gasteiger partial charge in [-0.1, -0.05) is 6.92 Å². The summed E-state index contributed by atoms with van der Waals surface area (Å²) in [6, 6.07) is 0.297. The summed E-state index contributed by atoms with van der Waals surface area (Å²) < 4.78 is 22.9. The van der Waals surface area contributed by atoms with Crippen LogP contribution in [-0.4, -0.2) is 75.5 Å². The lowest BCUT2D eigenvalue weighted by Gasteiger charge is -2.39. The third-order valence-electron chi connectivity index (χ3n) is 3.21. The molecule has 0 amide bonds. The Morgan fingerprint density at radius 1 is 1.38 bits per heavy atom. The van der Waals surface area contributed by atoms with Crippen LogP contribution < -0.4 is 5.73 Å². The van der Waals surface area contributed by atoms with Crippen LogP contribution >= 0.6 is 0 Å². The average molecular weight is 249 g/mol. The molecule has 1 rings (SSSR count). The third kappa shape index (κ3) is 4.01. The van der Waals surface area contributed by atoms with Crippen LogP contribution in [0.2, 0.25) is 0 Å². The first-order valence-corrected chi connectivity index (χ1v) is 7.63. The number of nitrogens with zero attached hydrogens (tertiary/aromatic N) is 2. The van der Waals surface area contributed by atoms with Crippen LogP contribution in [0.25, 0.3) is 0 Å². The fourth-order valence-corrected chi connectivity index (χ4v) is 2.77. The molecule has 0 radical (unpaired) electrons. The van der Waals surface area contributed by atoms with Crippen molar-refractivity contribution in [2.24, 2.45) is 5.73 Å². The van der Waals surface area contributed by atoms with E-state index in [0.717, 1.165) is 19.6 Å². The molecule has 96 valence electrons. The molecule has 16 heavy (non-hydrogen) atoms. The Balaban J connectivity index is 2.47. The Labute approximate surface area is 98.5 Å². The van der Waals surface area contributed by atoms with Gasteiger partial charge < -0.3 is 10.6 Å². The summed E-state index contributed by atoms with van der Waals surface area (Å²) >= 11 is 0. The fraction of sp³-hybridized carbons (Fsp3) is 1.00. The SMILES string of the molecule is CCS(=O)(=O)CCN1CCN(C)CC1CN. The van der Waals surface area contributed by atoms with E-state index >= 15 is 0 Å². The van der Waals surface area contributed by atoms with Crippen LogP contribution in [0, 0.1) is 0 Å².